The zero-order valence-electron chi connectivity index (χ0n) is 5.75. The number of hydrogen-bond acceptors (Lipinski definition) is 3. The number of aromatic nitrogens is 4. The van der Waals surface area contributed by atoms with Gasteiger partial charge in [0.25, 0.3) is 0 Å². The Balaban J connectivity index is 2.46. The fourth-order valence-corrected chi connectivity index (χ4v) is 0.838. The molecule has 0 fully saturated rings. The van der Waals surface area contributed by atoms with Crippen LogP contribution in [0.2, 0.25) is 0 Å². The molecule has 0 radical (unpaired) electrons. The maximum Gasteiger partial charge on any atom is 0.138 e. The van der Waals surface area contributed by atoms with Crippen LogP contribution in [0.5, 0.6) is 0 Å². The van der Waals surface area contributed by atoms with E-state index in [1.165, 1.54) is 6.33 Å². The zero-order chi connectivity index (χ0) is 7.52. The third-order valence-corrected chi connectivity index (χ3v) is 1.35. The number of nitrogens with zero attached hydrogens (tertiary/aromatic N) is 4. The molecule has 4 heteroatoms. The van der Waals surface area contributed by atoms with Gasteiger partial charge in [-0.1, -0.05) is 0 Å². The standard InChI is InChI=1S/C7H6N4/c1-3-8-4-2-7(1)11-6-9-5-10-11/h1-6H. The molecule has 0 saturated carbocycles. The first kappa shape index (κ1) is 6.03. The van der Waals surface area contributed by atoms with Gasteiger partial charge < -0.3 is 0 Å². The maximum absolute atomic E-state index is 3.96. The minimum atomic E-state index is 0.970. The molecule has 2 rings (SSSR count). The molecule has 4 nitrogen and oxygen atoms in total. The van der Waals surface area contributed by atoms with Crippen LogP contribution in [0, 0.1) is 0 Å². The lowest BCUT2D eigenvalue weighted by molar-refractivity contribution is 0.876. The SMILES string of the molecule is c1cc(-n2cncn2)ccn1. The maximum atomic E-state index is 3.96. The molecular weight excluding hydrogens is 140 g/mol. The Morgan fingerprint density at radius 1 is 1.09 bits per heavy atom. The predicted molar refractivity (Wildman–Crippen MR) is 39.2 cm³/mol. The largest absolute Gasteiger partial charge is 0.265 e. The van der Waals surface area contributed by atoms with Gasteiger partial charge in [0, 0.05) is 12.4 Å². The van der Waals surface area contributed by atoms with Crippen LogP contribution < -0.4 is 0 Å². The van der Waals surface area contributed by atoms with Gasteiger partial charge in [0.2, 0.25) is 0 Å². The van der Waals surface area contributed by atoms with Gasteiger partial charge in [-0.2, -0.15) is 5.10 Å². The zero-order valence-corrected chi connectivity index (χ0v) is 5.75. The molecular formula is C7H6N4. The average molecular weight is 146 g/mol. The van der Waals surface area contributed by atoms with E-state index in [-0.39, 0.29) is 0 Å². The van der Waals surface area contributed by atoms with Crippen molar-refractivity contribution in [1.29, 1.82) is 0 Å². The molecule has 0 aliphatic carbocycles. The second kappa shape index (κ2) is 2.49. The molecule has 0 bridgehead atoms. The van der Waals surface area contributed by atoms with Gasteiger partial charge in [-0.05, 0) is 12.1 Å². The van der Waals surface area contributed by atoms with E-state index in [2.05, 4.69) is 15.1 Å². The lowest BCUT2D eigenvalue weighted by Crippen LogP contribution is -1.93. The first-order valence-electron chi connectivity index (χ1n) is 3.22. The monoisotopic (exact) mass is 146 g/mol. The van der Waals surface area contributed by atoms with E-state index < -0.39 is 0 Å². The van der Waals surface area contributed by atoms with Crippen LogP contribution in [0.15, 0.2) is 37.2 Å². The van der Waals surface area contributed by atoms with Gasteiger partial charge >= 0.3 is 0 Å². The first-order valence-corrected chi connectivity index (χ1v) is 3.22. The molecule has 2 aromatic heterocycles. The predicted octanol–water partition coefficient (Wildman–Crippen LogP) is 0.662. The number of hydrogen-bond donors (Lipinski definition) is 0. The normalized spacial score (nSPS) is 9.82. The lowest BCUT2D eigenvalue weighted by atomic mass is 10.4. The van der Waals surface area contributed by atoms with Crippen LogP contribution in [0.4, 0.5) is 0 Å². The van der Waals surface area contributed by atoms with Crippen molar-refractivity contribution in [2.75, 3.05) is 0 Å². The Kier molecular flexibility index (Phi) is 1.37. The molecule has 0 N–H and O–H groups in total. The Morgan fingerprint density at radius 3 is 2.55 bits per heavy atom. The van der Waals surface area contributed by atoms with Crippen molar-refractivity contribution >= 4 is 0 Å². The highest BCUT2D eigenvalue weighted by Crippen LogP contribution is 2.00. The highest BCUT2D eigenvalue weighted by atomic mass is 15.3. The van der Waals surface area contributed by atoms with Gasteiger partial charge in [0.15, 0.2) is 0 Å². The summed E-state index contributed by atoms with van der Waals surface area (Å²) in [7, 11) is 0. The summed E-state index contributed by atoms with van der Waals surface area (Å²) < 4.78 is 1.68. The molecule has 0 spiro atoms. The molecule has 54 valence electrons. The van der Waals surface area contributed by atoms with Crippen LogP contribution in [0.3, 0.4) is 0 Å². The highest BCUT2D eigenvalue weighted by molar-refractivity contribution is 5.25. The van der Waals surface area contributed by atoms with Gasteiger partial charge in [0.05, 0.1) is 5.69 Å². The molecule has 0 amide bonds. The van der Waals surface area contributed by atoms with Crippen molar-refractivity contribution in [2.24, 2.45) is 0 Å². The van der Waals surface area contributed by atoms with Gasteiger partial charge in [0.1, 0.15) is 12.7 Å². The van der Waals surface area contributed by atoms with E-state index in [0.717, 1.165) is 5.69 Å². The lowest BCUT2D eigenvalue weighted by Gasteiger charge is -1.95. The fourth-order valence-electron chi connectivity index (χ4n) is 0.838. The Hall–Kier alpha value is -1.71. The Labute approximate surface area is 63.5 Å². The van der Waals surface area contributed by atoms with Crippen LogP contribution in [-0.4, -0.2) is 19.7 Å². The minimum absolute atomic E-state index is 0.970. The van der Waals surface area contributed by atoms with Crippen molar-refractivity contribution in [2.45, 2.75) is 0 Å². The van der Waals surface area contributed by atoms with Gasteiger partial charge in [-0.25, -0.2) is 9.67 Å². The van der Waals surface area contributed by atoms with Gasteiger partial charge in [-0.3, -0.25) is 4.98 Å². The fraction of sp³-hybridized carbons (Fsp3) is 0. The average Bonchev–Trinajstić information content (AvgIpc) is 2.58. The van der Waals surface area contributed by atoms with E-state index in [9.17, 15) is 0 Å². The van der Waals surface area contributed by atoms with E-state index >= 15 is 0 Å². The first-order chi connectivity index (χ1) is 5.47. The van der Waals surface area contributed by atoms with Crippen molar-refractivity contribution in [3.8, 4) is 5.69 Å². The summed E-state index contributed by atoms with van der Waals surface area (Å²) in [5.41, 5.74) is 0.970. The Morgan fingerprint density at radius 2 is 1.91 bits per heavy atom. The van der Waals surface area contributed by atoms with Crippen molar-refractivity contribution < 1.29 is 0 Å². The second-order valence-corrected chi connectivity index (χ2v) is 2.05. The molecule has 2 heterocycles. The molecule has 2 aromatic rings. The molecule has 0 saturated heterocycles. The second-order valence-electron chi connectivity index (χ2n) is 2.05. The topological polar surface area (TPSA) is 43.6 Å². The van der Waals surface area contributed by atoms with E-state index in [1.807, 2.05) is 12.1 Å². The summed E-state index contributed by atoms with van der Waals surface area (Å²) in [4.78, 5) is 7.72. The highest BCUT2D eigenvalue weighted by Gasteiger charge is 1.92. The molecule has 0 aliphatic rings. The van der Waals surface area contributed by atoms with Crippen LogP contribution in [-0.2, 0) is 0 Å². The summed E-state index contributed by atoms with van der Waals surface area (Å²) in [5.74, 6) is 0. The minimum Gasteiger partial charge on any atom is -0.265 e. The third kappa shape index (κ3) is 1.10. The van der Waals surface area contributed by atoms with E-state index in [0.29, 0.717) is 0 Å². The smallest absolute Gasteiger partial charge is 0.138 e. The van der Waals surface area contributed by atoms with E-state index in [1.54, 1.807) is 23.4 Å². The quantitative estimate of drug-likeness (QED) is 0.593. The van der Waals surface area contributed by atoms with Crippen molar-refractivity contribution in [3.05, 3.63) is 37.2 Å². The number of rotatable bonds is 1. The molecule has 0 atom stereocenters. The van der Waals surface area contributed by atoms with Crippen LogP contribution >= 0.6 is 0 Å². The number of pyridine rings is 1. The van der Waals surface area contributed by atoms with Crippen molar-refractivity contribution in [1.82, 2.24) is 19.7 Å². The molecule has 0 aromatic carbocycles. The van der Waals surface area contributed by atoms with Crippen LogP contribution in [0.1, 0.15) is 0 Å². The summed E-state index contributed by atoms with van der Waals surface area (Å²) in [5, 5.41) is 3.96. The Bertz CT molecular complexity index is 313. The van der Waals surface area contributed by atoms with Crippen LogP contribution in [0.25, 0.3) is 5.69 Å². The van der Waals surface area contributed by atoms with E-state index in [4.69, 9.17) is 0 Å². The third-order valence-electron chi connectivity index (χ3n) is 1.35. The summed E-state index contributed by atoms with van der Waals surface area (Å²) >= 11 is 0. The van der Waals surface area contributed by atoms with Gasteiger partial charge in [-0.15, -0.1) is 0 Å². The van der Waals surface area contributed by atoms with Crippen molar-refractivity contribution in [3.63, 3.8) is 0 Å². The summed E-state index contributed by atoms with van der Waals surface area (Å²) in [6, 6.07) is 3.74. The summed E-state index contributed by atoms with van der Waals surface area (Å²) in [6.07, 6.45) is 6.59. The molecule has 0 unspecified atom stereocenters. The molecule has 0 aliphatic heterocycles. The summed E-state index contributed by atoms with van der Waals surface area (Å²) in [6.45, 7) is 0. The molecule has 11 heavy (non-hydrogen) atoms.